The molecular formula is C21H38IN5O. The first-order valence-electron chi connectivity index (χ1n) is 10.7. The number of nitrogens with zero attached hydrogens (tertiary/aromatic N) is 3. The minimum atomic E-state index is 0. The highest BCUT2D eigenvalue weighted by molar-refractivity contribution is 14.0. The fourth-order valence-corrected chi connectivity index (χ4v) is 4.34. The molecule has 0 bridgehead atoms. The lowest BCUT2D eigenvalue weighted by atomic mass is 9.93. The molecule has 1 atom stereocenters. The predicted molar refractivity (Wildman–Crippen MR) is 126 cm³/mol. The molecule has 1 unspecified atom stereocenters. The summed E-state index contributed by atoms with van der Waals surface area (Å²) in [7, 11) is 1.85. The van der Waals surface area contributed by atoms with Crippen LogP contribution >= 0.6 is 24.0 Å². The Hall–Kier alpha value is -0.800. The van der Waals surface area contributed by atoms with Gasteiger partial charge in [-0.2, -0.15) is 0 Å². The lowest BCUT2D eigenvalue weighted by Crippen LogP contribution is -2.43. The third-order valence-electron chi connectivity index (χ3n) is 6.14. The van der Waals surface area contributed by atoms with E-state index in [4.69, 9.17) is 4.42 Å². The van der Waals surface area contributed by atoms with Gasteiger partial charge in [0.15, 0.2) is 5.96 Å². The molecule has 2 N–H and O–H groups in total. The Labute approximate surface area is 187 Å². The minimum Gasteiger partial charge on any atom is -0.468 e. The zero-order valence-electron chi connectivity index (χ0n) is 17.5. The van der Waals surface area contributed by atoms with Gasteiger partial charge in [0.25, 0.3) is 0 Å². The van der Waals surface area contributed by atoms with Gasteiger partial charge < -0.3 is 20.0 Å². The van der Waals surface area contributed by atoms with Crippen molar-refractivity contribution in [3.8, 4) is 0 Å². The Kier molecular flexibility index (Phi) is 10.6. The van der Waals surface area contributed by atoms with Gasteiger partial charge in [0, 0.05) is 20.1 Å². The molecule has 28 heavy (non-hydrogen) atoms. The molecule has 1 aromatic rings. The Morgan fingerprint density at radius 3 is 2.57 bits per heavy atom. The number of likely N-dealkylation sites (tertiary alicyclic amines) is 2. The number of hydrogen-bond acceptors (Lipinski definition) is 4. The van der Waals surface area contributed by atoms with Crippen molar-refractivity contribution in [1.82, 2.24) is 20.4 Å². The van der Waals surface area contributed by atoms with E-state index in [1.54, 1.807) is 6.26 Å². The van der Waals surface area contributed by atoms with Gasteiger partial charge in [0.1, 0.15) is 5.76 Å². The van der Waals surface area contributed by atoms with E-state index >= 15 is 0 Å². The van der Waals surface area contributed by atoms with Crippen LogP contribution in [0, 0.1) is 5.92 Å². The van der Waals surface area contributed by atoms with Gasteiger partial charge in [-0.05, 0) is 82.9 Å². The highest BCUT2D eigenvalue weighted by Crippen LogP contribution is 2.25. The number of aliphatic imine (C=N–C) groups is 1. The van der Waals surface area contributed by atoms with E-state index in [1.807, 2.05) is 13.1 Å². The summed E-state index contributed by atoms with van der Waals surface area (Å²) in [6.45, 7) is 10.1. The van der Waals surface area contributed by atoms with Crippen molar-refractivity contribution in [2.45, 2.75) is 45.1 Å². The van der Waals surface area contributed by atoms with E-state index in [2.05, 4.69) is 38.4 Å². The van der Waals surface area contributed by atoms with Crippen molar-refractivity contribution in [2.24, 2.45) is 10.9 Å². The van der Waals surface area contributed by atoms with Crippen molar-refractivity contribution < 1.29 is 4.42 Å². The summed E-state index contributed by atoms with van der Waals surface area (Å²) in [4.78, 5) is 9.48. The Morgan fingerprint density at radius 1 is 1.21 bits per heavy atom. The first kappa shape index (κ1) is 23.5. The summed E-state index contributed by atoms with van der Waals surface area (Å²) in [5.74, 6) is 2.79. The Morgan fingerprint density at radius 2 is 1.96 bits per heavy atom. The molecule has 0 spiro atoms. The monoisotopic (exact) mass is 503 g/mol. The van der Waals surface area contributed by atoms with Crippen LogP contribution in [0.2, 0.25) is 0 Å². The third kappa shape index (κ3) is 6.91. The van der Waals surface area contributed by atoms with Crippen LogP contribution in [-0.4, -0.2) is 68.6 Å². The molecule has 6 nitrogen and oxygen atoms in total. The van der Waals surface area contributed by atoms with Crippen molar-refractivity contribution in [3.05, 3.63) is 24.2 Å². The van der Waals surface area contributed by atoms with Gasteiger partial charge in [0.05, 0.1) is 12.3 Å². The first-order chi connectivity index (χ1) is 13.3. The van der Waals surface area contributed by atoms with E-state index in [-0.39, 0.29) is 30.0 Å². The second-order valence-electron chi connectivity index (χ2n) is 7.82. The second kappa shape index (κ2) is 12.7. The molecule has 7 heteroatoms. The van der Waals surface area contributed by atoms with E-state index in [9.17, 15) is 0 Å². The molecule has 2 fully saturated rings. The summed E-state index contributed by atoms with van der Waals surface area (Å²) >= 11 is 0. The van der Waals surface area contributed by atoms with Crippen molar-refractivity contribution in [2.75, 3.05) is 52.9 Å². The van der Waals surface area contributed by atoms with Crippen LogP contribution in [0.15, 0.2) is 27.8 Å². The van der Waals surface area contributed by atoms with E-state index in [1.165, 1.54) is 51.7 Å². The van der Waals surface area contributed by atoms with E-state index in [0.29, 0.717) is 0 Å². The first-order valence-corrected chi connectivity index (χ1v) is 10.7. The maximum atomic E-state index is 5.71. The fourth-order valence-electron chi connectivity index (χ4n) is 4.34. The predicted octanol–water partition coefficient (Wildman–Crippen LogP) is 3.32. The molecule has 0 radical (unpaired) electrons. The molecule has 0 amide bonds. The molecule has 0 aromatic carbocycles. The number of piperidine rings is 1. The number of hydrogen-bond donors (Lipinski definition) is 2. The van der Waals surface area contributed by atoms with Crippen LogP contribution < -0.4 is 10.6 Å². The van der Waals surface area contributed by atoms with E-state index in [0.717, 1.165) is 43.8 Å². The maximum Gasteiger partial charge on any atom is 0.191 e. The lowest BCUT2D eigenvalue weighted by molar-refractivity contribution is 0.187. The molecule has 160 valence electrons. The smallest absolute Gasteiger partial charge is 0.191 e. The average molecular weight is 503 g/mol. The third-order valence-corrected chi connectivity index (χ3v) is 6.14. The van der Waals surface area contributed by atoms with Crippen molar-refractivity contribution >= 4 is 29.9 Å². The Bertz CT molecular complexity index is 551. The second-order valence-corrected chi connectivity index (χ2v) is 7.82. The van der Waals surface area contributed by atoms with Gasteiger partial charge in [-0.25, -0.2) is 0 Å². The highest BCUT2D eigenvalue weighted by atomic mass is 127. The number of guanidine groups is 1. The lowest BCUT2D eigenvalue weighted by Gasteiger charge is -2.31. The van der Waals surface area contributed by atoms with E-state index < -0.39 is 0 Å². The van der Waals surface area contributed by atoms with Gasteiger partial charge >= 0.3 is 0 Å². The standard InChI is InChI=1S/C21H37N5O.HI/c1-3-25-14-9-18(10-15-25)8-11-23-21(22-2)24-17-19(20-7-6-16-27-20)26-12-4-5-13-26;/h6-7,16,18-19H,3-5,8-15,17H2,1-2H3,(H2,22,23,24);1H. The molecule has 1 aromatic heterocycles. The highest BCUT2D eigenvalue weighted by Gasteiger charge is 2.25. The molecule has 3 heterocycles. The quantitative estimate of drug-likeness (QED) is 0.324. The normalized spacial score (nSPS) is 20.7. The molecule has 2 saturated heterocycles. The van der Waals surface area contributed by atoms with Gasteiger partial charge in [0.2, 0.25) is 0 Å². The van der Waals surface area contributed by atoms with Crippen LogP contribution in [0.5, 0.6) is 0 Å². The summed E-state index contributed by atoms with van der Waals surface area (Å²) in [5.41, 5.74) is 0. The average Bonchev–Trinajstić information content (AvgIpc) is 3.42. The largest absolute Gasteiger partial charge is 0.468 e. The molecule has 3 rings (SSSR count). The summed E-state index contributed by atoms with van der Waals surface area (Å²) in [6.07, 6.45) is 8.22. The maximum absolute atomic E-state index is 5.71. The number of furan rings is 1. The molecular weight excluding hydrogens is 465 g/mol. The Balaban J connectivity index is 0.00000280. The van der Waals surface area contributed by atoms with Crippen LogP contribution in [0.3, 0.4) is 0 Å². The van der Waals surface area contributed by atoms with Crippen LogP contribution in [0.25, 0.3) is 0 Å². The summed E-state index contributed by atoms with van der Waals surface area (Å²) < 4.78 is 5.71. The van der Waals surface area contributed by atoms with Crippen LogP contribution in [-0.2, 0) is 0 Å². The van der Waals surface area contributed by atoms with Crippen molar-refractivity contribution in [3.63, 3.8) is 0 Å². The number of rotatable bonds is 8. The zero-order chi connectivity index (χ0) is 18.9. The minimum absolute atomic E-state index is 0. The van der Waals surface area contributed by atoms with Crippen LogP contribution in [0.1, 0.15) is 50.8 Å². The van der Waals surface area contributed by atoms with Gasteiger partial charge in [-0.3, -0.25) is 9.89 Å². The van der Waals surface area contributed by atoms with Gasteiger partial charge in [-0.15, -0.1) is 24.0 Å². The topological polar surface area (TPSA) is 56.0 Å². The molecule has 0 aliphatic carbocycles. The molecule has 2 aliphatic rings. The zero-order valence-corrected chi connectivity index (χ0v) is 19.9. The molecule has 0 saturated carbocycles. The fraction of sp³-hybridized carbons (Fsp3) is 0.762. The van der Waals surface area contributed by atoms with Gasteiger partial charge in [-0.1, -0.05) is 6.92 Å². The van der Waals surface area contributed by atoms with Crippen LogP contribution in [0.4, 0.5) is 0 Å². The SMILES string of the molecule is CCN1CCC(CCNC(=NC)NCC(c2ccco2)N2CCCC2)CC1.I. The summed E-state index contributed by atoms with van der Waals surface area (Å²) in [5, 5.41) is 7.03. The summed E-state index contributed by atoms with van der Waals surface area (Å²) in [6, 6.07) is 4.35. The number of nitrogens with one attached hydrogen (secondary N) is 2. The van der Waals surface area contributed by atoms with Crippen molar-refractivity contribution in [1.29, 1.82) is 0 Å². The number of halogens is 1. The molecule has 2 aliphatic heterocycles.